The van der Waals surface area contributed by atoms with Gasteiger partial charge in [-0.15, -0.1) is 0 Å². The Kier molecular flexibility index (Phi) is 4.94. The molecule has 2 aromatic rings. The van der Waals surface area contributed by atoms with Crippen LogP contribution in [0.3, 0.4) is 0 Å². The quantitative estimate of drug-likeness (QED) is 0.924. The van der Waals surface area contributed by atoms with Crippen molar-refractivity contribution < 1.29 is 14.3 Å². The van der Waals surface area contributed by atoms with Crippen LogP contribution in [0.2, 0.25) is 0 Å². The van der Waals surface area contributed by atoms with Crippen LogP contribution in [0.25, 0.3) is 0 Å². The SMILES string of the molecule is N#Cc1ccc(C(O)CN2CCN(C(=O)c3ccco3)CC2)cc1. The number of hydrogen-bond donors (Lipinski definition) is 1. The van der Waals surface area contributed by atoms with E-state index in [1.165, 1.54) is 6.26 Å². The Hall–Kier alpha value is -2.62. The molecule has 1 N–H and O–H groups in total. The number of aliphatic hydroxyl groups excluding tert-OH is 1. The lowest BCUT2D eigenvalue weighted by Crippen LogP contribution is -2.49. The molecule has 24 heavy (non-hydrogen) atoms. The second kappa shape index (κ2) is 7.30. The molecule has 0 radical (unpaired) electrons. The van der Waals surface area contributed by atoms with E-state index in [1.807, 2.05) is 0 Å². The standard InChI is InChI=1S/C18H19N3O3/c19-12-14-3-5-15(6-4-14)16(22)13-20-7-9-21(10-8-20)18(23)17-2-1-11-24-17/h1-6,11,16,22H,7-10,13H2. The molecule has 1 aromatic carbocycles. The molecular weight excluding hydrogens is 306 g/mol. The molecule has 1 aliphatic rings. The van der Waals surface area contributed by atoms with E-state index in [-0.39, 0.29) is 5.91 Å². The molecule has 3 rings (SSSR count). The Morgan fingerprint density at radius 1 is 1.21 bits per heavy atom. The maximum atomic E-state index is 12.2. The lowest BCUT2D eigenvalue weighted by molar-refractivity contribution is 0.0503. The molecule has 6 heteroatoms. The predicted molar refractivity (Wildman–Crippen MR) is 87.2 cm³/mol. The van der Waals surface area contributed by atoms with Gasteiger partial charge >= 0.3 is 0 Å². The second-order valence-corrected chi connectivity index (χ2v) is 5.82. The largest absolute Gasteiger partial charge is 0.459 e. The summed E-state index contributed by atoms with van der Waals surface area (Å²) in [7, 11) is 0. The number of hydrogen-bond acceptors (Lipinski definition) is 5. The molecule has 1 saturated heterocycles. The number of carbonyl (C=O) groups excluding carboxylic acids is 1. The maximum absolute atomic E-state index is 12.2. The number of β-amino-alcohol motifs (C(OH)–C–C–N with tert-alkyl or cyclic N) is 1. The highest BCUT2D eigenvalue weighted by Gasteiger charge is 2.24. The predicted octanol–water partition coefficient (Wildman–Crippen LogP) is 1.64. The van der Waals surface area contributed by atoms with Gasteiger partial charge in [0.15, 0.2) is 5.76 Å². The van der Waals surface area contributed by atoms with Gasteiger partial charge in [0, 0.05) is 32.7 Å². The third-order valence-corrected chi connectivity index (χ3v) is 4.25. The average Bonchev–Trinajstić information content (AvgIpc) is 3.16. The van der Waals surface area contributed by atoms with Gasteiger partial charge in [-0.1, -0.05) is 12.1 Å². The van der Waals surface area contributed by atoms with Crippen molar-refractivity contribution in [1.29, 1.82) is 5.26 Å². The third-order valence-electron chi connectivity index (χ3n) is 4.25. The van der Waals surface area contributed by atoms with Gasteiger partial charge < -0.3 is 14.4 Å². The van der Waals surface area contributed by atoms with E-state index in [0.717, 1.165) is 5.56 Å². The summed E-state index contributed by atoms with van der Waals surface area (Å²) in [6.07, 6.45) is 0.891. The van der Waals surface area contributed by atoms with E-state index < -0.39 is 6.10 Å². The molecule has 1 aliphatic heterocycles. The minimum Gasteiger partial charge on any atom is -0.459 e. The van der Waals surface area contributed by atoms with Gasteiger partial charge in [0.25, 0.3) is 5.91 Å². The summed E-state index contributed by atoms with van der Waals surface area (Å²) >= 11 is 0. The van der Waals surface area contributed by atoms with Crippen molar-refractivity contribution in [3.8, 4) is 6.07 Å². The van der Waals surface area contributed by atoms with Crippen LogP contribution in [-0.2, 0) is 0 Å². The van der Waals surface area contributed by atoms with Crippen LogP contribution in [0.5, 0.6) is 0 Å². The summed E-state index contributed by atoms with van der Waals surface area (Å²) in [6, 6.07) is 12.4. The molecule has 0 aliphatic carbocycles. The van der Waals surface area contributed by atoms with Crippen molar-refractivity contribution in [1.82, 2.24) is 9.80 Å². The van der Waals surface area contributed by atoms with E-state index >= 15 is 0 Å². The lowest BCUT2D eigenvalue weighted by atomic mass is 10.1. The van der Waals surface area contributed by atoms with Gasteiger partial charge in [-0.25, -0.2) is 0 Å². The fourth-order valence-electron chi connectivity index (χ4n) is 2.82. The van der Waals surface area contributed by atoms with Crippen molar-refractivity contribution in [2.24, 2.45) is 0 Å². The van der Waals surface area contributed by atoms with Gasteiger partial charge in [-0.3, -0.25) is 9.69 Å². The normalized spacial score (nSPS) is 16.6. The molecule has 0 saturated carbocycles. The first kappa shape index (κ1) is 16.2. The fourth-order valence-corrected chi connectivity index (χ4v) is 2.82. The first-order valence-corrected chi connectivity index (χ1v) is 7.90. The summed E-state index contributed by atoms with van der Waals surface area (Å²) in [4.78, 5) is 16.1. The number of piperazine rings is 1. The summed E-state index contributed by atoms with van der Waals surface area (Å²) < 4.78 is 5.15. The molecule has 2 heterocycles. The summed E-state index contributed by atoms with van der Waals surface area (Å²) in [5, 5.41) is 19.1. The first-order chi connectivity index (χ1) is 11.7. The average molecular weight is 325 g/mol. The van der Waals surface area contributed by atoms with Gasteiger partial charge in [0.1, 0.15) is 0 Å². The molecule has 1 unspecified atom stereocenters. The molecule has 124 valence electrons. The molecule has 6 nitrogen and oxygen atoms in total. The Morgan fingerprint density at radius 2 is 1.92 bits per heavy atom. The number of amides is 1. The highest BCUT2D eigenvalue weighted by Crippen LogP contribution is 2.17. The first-order valence-electron chi connectivity index (χ1n) is 7.90. The van der Waals surface area contributed by atoms with Crippen LogP contribution >= 0.6 is 0 Å². The summed E-state index contributed by atoms with van der Waals surface area (Å²) in [5.41, 5.74) is 1.37. The molecule has 1 amide bonds. The lowest BCUT2D eigenvalue weighted by Gasteiger charge is -2.35. The molecular formula is C18H19N3O3. The van der Waals surface area contributed by atoms with Crippen LogP contribution in [0.4, 0.5) is 0 Å². The van der Waals surface area contributed by atoms with Crippen molar-refractivity contribution >= 4 is 5.91 Å². The zero-order valence-electron chi connectivity index (χ0n) is 13.3. The van der Waals surface area contributed by atoms with Gasteiger partial charge in [0.2, 0.25) is 0 Å². The Bertz CT molecular complexity index is 711. The minimum atomic E-state index is -0.606. The molecule has 0 spiro atoms. The van der Waals surface area contributed by atoms with Gasteiger partial charge in [-0.05, 0) is 29.8 Å². The number of benzene rings is 1. The van der Waals surface area contributed by atoms with E-state index in [9.17, 15) is 9.90 Å². The number of furan rings is 1. The topological polar surface area (TPSA) is 80.7 Å². The highest BCUT2D eigenvalue weighted by molar-refractivity contribution is 5.91. The van der Waals surface area contributed by atoms with Crippen LogP contribution in [0.15, 0.2) is 47.1 Å². The number of nitrogens with zero attached hydrogens (tertiary/aromatic N) is 3. The van der Waals surface area contributed by atoms with Gasteiger partial charge in [0.05, 0.1) is 24.0 Å². The number of aliphatic hydroxyl groups is 1. The van der Waals surface area contributed by atoms with E-state index in [1.54, 1.807) is 41.3 Å². The Labute approximate surface area is 140 Å². The Morgan fingerprint density at radius 3 is 2.50 bits per heavy atom. The van der Waals surface area contributed by atoms with Crippen LogP contribution in [0, 0.1) is 11.3 Å². The van der Waals surface area contributed by atoms with E-state index in [4.69, 9.17) is 9.68 Å². The number of rotatable bonds is 4. The van der Waals surface area contributed by atoms with Crippen LogP contribution in [-0.4, -0.2) is 53.5 Å². The zero-order chi connectivity index (χ0) is 16.9. The van der Waals surface area contributed by atoms with Crippen LogP contribution < -0.4 is 0 Å². The Balaban J connectivity index is 1.51. The number of nitriles is 1. The molecule has 1 aromatic heterocycles. The maximum Gasteiger partial charge on any atom is 0.289 e. The van der Waals surface area contributed by atoms with E-state index in [0.29, 0.717) is 44.0 Å². The van der Waals surface area contributed by atoms with Gasteiger partial charge in [-0.2, -0.15) is 5.26 Å². The van der Waals surface area contributed by atoms with Crippen LogP contribution in [0.1, 0.15) is 27.8 Å². The van der Waals surface area contributed by atoms with Crippen molar-refractivity contribution in [2.45, 2.75) is 6.10 Å². The summed E-state index contributed by atoms with van der Waals surface area (Å²) in [5.74, 6) is 0.272. The van der Waals surface area contributed by atoms with Crippen molar-refractivity contribution in [2.75, 3.05) is 32.7 Å². The minimum absolute atomic E-state index is 0.0905. The zero-order valence-corrected chi connectivity index (χ0v) is 13.3. The molecule has 1 fully saturated rings. The third kappa shape index (κ3) is 3.65. The molecule has 0 bridgehead atoms. The van der Waals surface area contributed by atoms with E-state index in [2.05, 4.69) is 11.0 Å². The number of carbonyl (C=O) groups is 1. The highest BCUT2D eigenvalue weighted by atomic mass is 16.3. The fraction of sp³-hybridized carbons (Fsp3) is 0.333. The summed E-state index contributed by atoms with van der Waals surface area (Å²) in [6.45, 7) is 3.15. The smallest absolute Gasteiger partial charge is 0.289 e. The van der Waals surface area contributed by atoms with Crippen molar-refractivity contribution in [3.63, 3.8) is 0 Å². The molecule has 1 atom stereocenters. The second-order valence-electron chi connectivity index (χ2n) is 5.82. The monoisotopic (exact) mass is 325 g/mol. The van der Waals surface area contributed by atoms with Crippen molar-refractivity contribution in [3.05, 3.63) is 59.5 Å².